The van der Waals surface area contributed by atoms with E-state index in [1.165, 1.54) is 6.42 Å². The largest absolute Gasteiger partial charge is 0.480 e. The minimum atomic E-state index is -1.04. The van der Waals surface area contributed by atoms with Crippen molar-refractivity contribution in [2.45, 2.75) is 164 Å². The minimum absolute atomic E-state index is 0.0177. The van der Waals surface area contributed by atoms with E-state index < -0.39 is 5.97 Å². The molecule has 0 aromatic heterocycles. The molecule has 0 saturated heterocycles. The zero-order chi connectivity index (χ0) is 36.8. The summed E-state index contributed by atoms with van der Waals surface area (Å²) in [6, 6.07) is 0. The number of carboxylic acids is 1. The van der Waals surface area contributed by atoms with Crippen LogP contribution in [-0.2, 0) is 23.9 Å². The second-order valence-corrected chi connectivity index (χ2v) is 19.2. The summed E-state index contributed by atoms with van der Waals surface area (Å²) in [5, 5.41) is 14.5. The van der Waals surface area contributed by atoms with Gasteiger partial charge in [0.05, 0.1) is 5.41 Å². The molecular weight excluding hydrogens is 628 g/mol. The van der Waals surface area contributed by atoms with Crippen molar-refractivity contribution in [1.82, 2.24) is 10.6 Å². The van der Waals surface area contributed by atoms with Crippen molar-refractivity contribution >= 4 is 23.8 Å². The maximum Gasteiger partial charge on any atom is 0.322 e. The molecule has 5 aliphatic carbocycles. The van der Waals surface area contributed by atoms with Gasteiger partial charge >= 0.3 is 11.9 Å². The fourth-order valence-corrected chi connectivity index (χ4v) is 12.5. The van der Waals surface area contributed by atoms with Crippen molar-refractivity contribution in [3.05, 3.63) is 11.6 Å². The van der Waals surface area contributed by atoms with Crippen LogP contribution >= 0.6 is 0 Å². The van der Waals surface area contributed by atoms with E-state index in [2.05, 4.69) is 65.2 Å². The van der Waals surface area contributed by atoms with Gasteiger partial charge in [0.1, 0.15) is 12.6 Å². The number of hydrogen-bond acceptors (Lipinski definition) is 5. The molecule has 0 heterocycles. The third-order valence-corrected chi connectivity index (χ3v) is 15.6. The van der Waals surface area contributed by atoms with Gasteiger partial charge in [0.15, 0.2) is 0 Å². The second-order valence-electron chi connectivity index (χ2n) is 19.2. The van der Waals surface area contributed by atoms with Gasteiger partial charge in [-0.3, -0.25) is 19.2 Å². The van der Waals surface area contributed by atoms with Crippen molar-refractivity contribution in [2.75, 3.05) is 13.1 Å². The minimum Gasteiger partial charge on any atom is -0.480 e. The zero-order valence-corrected chi connectivity index (χ0v) is 32.6. The number of aliphatic carboxylic acids is 1. The van der Waals surface area contributed by atoms with Crippen LogP contribution in [0.25, 0.3) is 0 Å². The molecule has 50 heavy (non-hydrogen) atoms. The average Bonchev–Trinajstić information content (AvgIpc) is 3.03. The molecular formula is C42H68N2O6. The standard InChI is InChI=1S/C42H68N2O6/c1-9-13-35(48)50-32-18-19-39(6)30(38(32,4)5)17-20-41(8)31(39)16-15-28-29-26-37(2,3)21-23-42(29,24-22-40(28,41)7)36(49)43-25-12-10-11-14-33(45)44-27-34(46)47/h15,29-32H,9-14,16-27H2,1-8H3,(H,43,49)(H,44,45)(H,46,47)/t29?,30?,31?,32-,39-,40+,41+,42-/m0/s1. The van der Waals surface area contributed by atoms with Crippen LogP contribution in [0, 0.1) is 50.2 Å². The van der Waals surface area contributed by atoms with Crippen LogP contribution < -0.4 is 10.6 Å². The Hall–Kier alpha value is -2.38. The van der Waals surface area contributed by atoms with Gasteiger partial charge in [0.25, 0.3) is 0 Å². The predicted octanol–water partition coefficient (Wildman–Crippen LogP) is 8.38. The van der Waals surface area contributed by atoms with Crippen LogP contribution in [-0.4, -0.2) is 48.1 Å². The number of fused-ring (bicyclic) bond motifs is 7. The number of ether oxygens (including phenoxy) is 1. The monoisotopic (exact) mass is 697 g/mol. The molecule has 4 fully saturated rings. The number of rotatable bonds is 12. The first-order valence-corrected chi connectivity index (χ1v) is 20.0. The number of hydrogen-bond donors (Lipinski definition) is 3. The van der Waals surface area contributed by atoms with E-state index in [4.69, 9.17) is 9.84 Å². The summed E-state index contributed by atoms with van der Waals surface area (Å²) in [5.41, 5.74) is 1.68. The molecule has 0 aromatic rings. The molecule has 5 rings (SSSR count). The van der Waals surface area contributed by atoms with Crippen molar-refractivity contribution in [3.8, 4) is 0 Å². The Morgan fingerprint density at radius 2 is 1.56 bits per heavy atom. The van der Waals surface area contributed by atoms with Gasteiger partial charge in [0, 0.05) is 24.8 Å². The van der Waals surface area contributed by atoms with Crippen molar-refractivity contribution < 1.29 is 29.0 Å². The second kappa shape index (κ2) is 14.2. The fourth-order valence-electron chi connectivity index (χ4n) is 12.5. The van der Waals surface area contributed by atoms with Crippen LogP contribution in [0.3, 0.4) is 0 Å². The summed E-state index contributed by atoms with van der Waals surface area (Å²) < 4.78 is 6.17. The van der Waals surface area contributed by atoms with E-state index in [1.807, 2.05) is 6.92 Å². The lowest BCUT2D eigenvalue weighted by atomic mass is 9.33. The number of carbonyl (C=O) groups is 4. The molecule has 5 aliphatic rings. The zero-order valence-electron chi connectivity index (χ0n) is 32.6. The van der Waals surface area contributed by atoms with Crippen LogP contribution in [0.15, 0.2) is 11.6 Å². The van der Waals surface area contributed by atoms with E-state index in [-0.39, 0.29) is 68.8 Å². The molecule has 0 radical (unpaired) electrons. The molecule has 3 N–H and O–H groups in total. The first-order valence-electron chi connectivity index (χ1n) is 20.0. The summed E-state index contributed by atoms with van der Waals surface area (Å²) in [5.74, 6) is 0.201. The molecule has 0 aliphatic heterocycles. The SMILES string of the molecule is CCCC(=O)O[C@H]1CC[C@@]2(C)C(CC[C@]3(C)C2CC=C2C4CC(C)(C)CC[C@]4(C(=O)NCCCCCC(=O)NCC(=O)O)CC[C@]23C)C1(C)C. The van der Waals surface area contributed by atoms with E-state index >= 15 is 0 Å². The average molecular weight is 697 g/mol. The highest BCUT2D eigenvalue weighted by Crippen LogP contribution is 2.75. The van der Waals surface area contributed by atoms with Gasteiger partial charge in [0.2, 0.25) is 11.8 Å². The van der Waals surface area contributed by atoms with Crippen LogP contribution in [0.1, 0.15) is 158 Å². The number of esters is 1. The van der Waals surface area contributed by atoms with Crippen molar-refractivity contribution in [1.29, 1.82) is 0 Å². The highest BCUT2D eigenvalue weighted by Gasteiger charge is 2.69. The number of unbranched alkanes of at least 4 members (excludes halogenated alkanes) is 2. The van der Waals surface area contributed by atoms with Gasteiger partial charge in [-0.25, -0.2) is 0 Å². The van der Waals surface area contributed by atoms with Gasteiger partial charge in [-0.2, -0.15) is 0 Å². The summed E-state index contributed by atoms with van der Waals surface area (Å²) in [7, 11) is 0. The molecule has 8 heteroatoms. The molecule has 0 aromatic carbocycles. The Labute approximate surface area is 302 Å². The predicted molar refractivity (Wildman–Crippen MR) is 196 cm³/mol. The van der Waals surface area contributed by atoms with Crippen LogP contribution in [0.2, 0.25) is 0 Å². The Bertz CT molecular complexity index is 1350. The molecule has 2 amide bonds. The maximum atomic E-state index is 14.4. The first-order chi connectivity index (χ1) is 23.4. The Kier molecular flexibility index (Phi) is 11.0. The first kappa shape index (κ1) is 38.8. The number of allylic oxidation sites excluding steroid dienone is 2. The van der Waals surface area contributed by atoms with Crippen LogP contribution in [0.4, 0.5) is 0 Å². The van der Waals surface area contributed by atoms with Gasteiger partial charge in [-0.15, -0.1) is 0 Å². The maximum absolute atomic E-state index is 14.4. The molecule has 0 spiro atoms. The topological polar surface area (TPSA) is 122 Å². The van der Waals surface area contributed by atoms with E-state index in [1.54, 1.807) is 5.57 Å². The molecule has 3 unspecified atom stereocenters. The lowest BCUT2D eigenvalue weighted by molar-refractivity contribution is -0.213. The Morgan fingerprint density at radius 3 is 2.26 bits per heavy atom. The normalized spacial score (nSPS) is 38.2. The van der Waals surface area contributed by atoms with Crippen LogP contribution in [0.5, 0.6) is 0 Å². The van der Waals surface area contributed by atoms with E-state index in [0.29, 0.717) is 37.6 Å². The molecule has 0 bridgehead atoms. The highest BCUT2D eigenvalue weighted by molar-refractivity contribution is 5.84. The third-order valence-electron chi connectivity index (χ3n) is 15.6. The number of nitrogens with one attached hydrogen (secondary N) is 2. The summed E-state index contributed by atoms with van der Waals surface area (Å²) in [6.45, 7) is 19.5. The fraction of sp³-hybridized carbons (Fsp3) is 0.857. The van der Waals surface area contributed by atoms with Crippen molar-refractivity contribution in [3.63, 3.8) is 0 Å². The summed E-state index contributed by atoms with van der Waals surface area (Å²) >= 11 is 0. The number of carbonyl (C=O) groups excluding carboxylic acids is 3. The smallest absolute Gasteiger partial charge is 0.322 e. The molecule has 8 nitrogen and oxygen atoms in total. The van der Waals surface area contributed by atoms with Gasteiger partial charge < -0.3 is 20.5 Å². The Morgan fingerprint density at radius 1 is 0.840 bits per heavy atom. The van der Waals surface area contributed by atoms with E-state index in [9.17, 15) is 19.2 Å². The quantitative estimate of drug-likeness (QED) is 0.107. The molecule has 282 valence electrons. The molecule has 8 atom stereocenters. The lowest BCUT2D eigenvalue weighted by Crippen LogP contribution is -2.65. The van der Waals surface area contributed by atoms with Crippen molar-refractivity contribution in [2.24, 2.45) is 50.2 Å². The van der Waals surface area contributed by atoms with Gasteiger partial charge in [-0.1, -0.05) is 73.5 Å². The number of carboxylic acid groups (broad SMARTS) is 1. The molecule has 4 saturated carbocycles. The summed E-state index contributed by atoms with van der Waals surface area (Å²) in [6.07, 6.45) is 17.0. The van der Waals surface area contributed by atoms with E-state index in [0.717, 1.165) is 77.0 Å². The lowest BCUT2D eigenvalue weighted by Gasteiger charge is -2.71. The summed E-state index contributed by atoms with van der Waals surface area (Å²) in [4.78, 5) is 49.5. The third kappa shape index (κ3) is 6.79. The highest BCUT2D eigenvalue weighted by atomic mass is 16.5. The number of amides is 2. The Balaban J connectivity index is 1.32. The van der Waals surface area contributed by atoms with Gasteiger partial charge in [-0.05, 0) is 123 Å².